The third-order valence-electron chi connectivity index (χ3n) is 3.18. The minimum Gasteiger partial charge on any atom is -0.452 e. The summed E-state index contributed by atoms with van der Waals surface area (Å²) in [5.74, 6) is -0.815. The minimum atomic E-state index is -0.529. The highest BCUT2D eigenvalue weighted by Gasteiger charge is 2.16. The average molecular weight is 362 g/mol. The topological polar surface area (TPSA) is 46.6 Å². The molecule has 2 rings (SSSR count). The molecule has 0 bridgehead atoms. The first-order valence-corrected chi connectivity index (χ1v) is 7.53. The molecule has 0 aromatic heterocycles. The van der Waals surface area contributed by atoms with E-state index in [0.29, 0.717) is 10.0 Å². The van der Waals surface area contributed by atoms with Crippen LogP contribution in [0.4, 0.5) is 5.69 Å². The zero-order valence-electron chi connectivity index (χ0n) is 12.4. The third-order valence-corrected chi connectivity index (χ3v) is 3.88. The van der Waals surface area contributed by atoms with Gasteiger partial charge in [0.05, 0.1) is 5.56 Å². The van der Waals surface area contributed by atoms with Crippen molar-refractivity contribution in [1.29, 1.82) is 0 Å². The molecule has 2 aromatic rings. The number of halogens is 1. The molecule has 0 atom stereocenters. The van der Waals surface area contributed by atoms with E-state index in [2.05, 4.69) is 15.9 Å². The van der Waals surface area contributed by atoms with Gasteiger partial charge < -0.3 is 9.64 Å². The van der Waals surface area contributed by atoms with Crippen molar-refractivity contribution < 1.29 is 14.3 Å². The van der Waals surface area contributed by atoms with Gasteiger partial charge in [0.1, 0.15) is 0 Å². The summed E-state index contributed by atoms with van der Waals surface area (Å²) >= 11 is 3.28. The van der Waals surface area contributed by atoms with Gasteiger partial charge in [0.2, 0.25) is 0 Å². The highest BCUT2D eigenvalue weighted by atomic mass is 79.9. The fourth-order valence-electron chi connectivity index (χ4n) is 1.91. The Morgan fingerprint density at radius 1 is 1.14 bits per heavy atom. The number of hydrogen-bond donors (Lipinski definition) is 0. The smallest absolute Gasteiger partial charge is 0.339 e. The van der Waals surface area contributed by atoms with Crippen molar-refractivity contribution in [2.75, 3.05) is 18.6 Å². The van der Waals surface area contributed by atoms with Gasteiger partial charge >= 0.3 is 5.97 Å². The third kappa shape index (κ3) is 3.95. The Morgan fingerprint density at radius 3 is 2.55 bits per heavy atom. The van der Waals surface area contributed by atoms with Crippen LogP contribution in [0.5, 0.6) is 0 Å². The van der Waals surface area contributed by atoms with Crippen molar-refractivity contribution in [3.8, 4) is 0 Å². The molecule has 114 valence electrons. The van der Waals surface area contributed by atoms with E-state index in [1.165, 1.54) is 4.90 Å². The number of ether oxygens (including phenoxy) is 1. The van der Waals surface area contributed by atoms with E-state index in [0.717, 1.165) is 11.3 Å². The predicted molar refractivity (Wildman–Crippen MR) is 89.0 cm³/mol. The highest BCUT2D eigenvalue weighted by molar-refractivity contribution is 9.10. The number of rotatable bonds is 4. The van der Waals surface area contributed by atoms with Gasteiger partial charge in [0.25, 0.3) is 5.91 Å². The summed E-state index contributed by atoms with van der Waals surface area (Å²) < 4.78 is 5.72. The molecule has 0 aliphatic carbocycles. The molecule has 0 spiro atoms. The monoisotopic (exact) mass is 361 g/mol. The fraction of sp³-hybridized carbons (Fsp3) is 0.176. The maximum atomic E-state index is 12.1. The van der Waals surface area contributed by atoms with Crippen LogP contribution >= 0.6 is 15.9 Å². The van der Waals surface area contributed by atoms with Crippen molar-refractivity contribution in [3.63, 3.8) is 0 Å². The van der Waals surface area contributed by atoms with Gasteiger partial charge in [-0.05, 0) is 52.7 Å². The lowest BCUT2D eigenvalue weighted by Gasteiger charge is -2.17. The first-order valence-electron chi connectivity index (χ1n) is 6.74. The molecule has 0 aliphatic heterocycles. The zero-order chi connectivity index (χ0) is 16.1. The van der Waals surface area contributed by atoms with Crippen molar-refractivity contribution in [2.45, 2.75) is 6.92 Å². The highest BCUT2D eigenvalue weighted by Crippen LogP contribution is 2.17. The molecule has 2 aromatic carbocycles. The second kappa shape index (κ2) is 7.22. The molecule has 0 aliphatic rings. The number of nitrogens with zero attached hydrogens (tertiary/aromatic N) is 1. The van der Waals surface area contributed by atoms with Crippen molar-refractivity contribution in [2.24, 2.45) is 0 Å². The SMILES string of the molecule is Cc1cccc(N(C)C(=O)COC(=O)c2ccccc2Br)c1. The summed E-state index contributed by atoms with van der Waals surface area (Å²) in [7, 11) is 1.66. The Hall–Kier alpha value is -2.14. The lowest BCUT2D eigenvalue weighted by Crippen LogP contribution is -2.31. The van der Waals surface area contributed by atoms with Crippen LogP contribution < -0.4 is 4.90 Å². The standard InChI is InChI=1S/C17H16BrNO3/c1-12-6-5-7-13(10-12)19(2)16(20)11-22-17(21)14-8-3-4-9-15(14)18/h3-10H,11H2,1-2H3. The van der Waals surface area contributed by atoms with Gasteiger partial charge in [-0.1, -0.05) is 24.3 Å². The first kappa shape index (κ1) is 16.2. The first-order chi connectivity index (χ1) is 10.5. The number of carbonyl (C=O) groups excluding carboxylic acids is 2. The number of likely N-dealkylation sites (N-methyl/N-ethyl adjacent to an activating group) is 1. The van der Waals surface area contributed by atoms with Gasteiger partial charge in [-0.15, -0.1) is 0 Å². The van der Waals surface area contributed by atoms with Crippen molar-refractivity contribution >= 4 is 33.5 Å². The zero-order valence-corrected chi connectivity index (χ0v) is 14.0. The lowest BCUT2D eigenvalue weighted by molar-refractivity contribution is -0.121. The van der Waals surface area contributed by atoms with Crippen LogP contribution in [0.1, 0.15) is 15.9 Å². The van der Waals surface area contributed by atoms with Gasteiger partial charge in [0.15, 0.2) is 6.61 Å². The van der Waals surface area contributed by atoms with Crippen molar-refractivity contribution in [3.05, 3.63) is 64.1 Å². The maximum absolute atomic E-state index is 12.1. The number of carbonyl (C=O) groups is 2. The van der Waals surface area contributed by atoms with Crippen LogP contribution in [0.3, 0.4) is 0 Å². The van der Waals surface area contributed by atoms with Crippen LogP contribution in [0.25, 0.3) is 0 Å². The molecular weight excluding hydrogens is 346 g/mol. The Balaban J connectivity index is 1.98. The van der Waals surface area contributed by atoms with Crippen LogP contribution in [-0.2, 0) is 9.53 Å². The fourth-order valence-corrected chi connectivity index (χ4v) is 2.36. The molecule has 1 amide bonds. The number of esters is 1. The molecule has 0 N–H and O–H groups in total. The number of aryl methyl sites for hydroxylation is 1. The predicted octanol–water partition coefficient (Wildman–Crippen LogP) is 3.58. The number of hydrogen-bond acceptors (Lipinski definition) is 3. The van der Waals surface area contributed by atoms with E-state index in [1.54, 1.807) is 31.3 Å². The molecule has 0 saturated heterocycles. The summed E-state index contributed by atoms with van der Waals surface area (Å²) in [4.78, 5) is 25.5. The Bertz CT molecular complexity index is 700. The summed E-state index contributed by atoms with van der Waals surface area (Å²) in [5.41, 5.74) is 2.22. The molecule has 0 saturated carbocycles. The quantitative estimate of drug-likeness (QED) is 0.782. The summed E-state index contributed by atoms with van der Waals surface area (Å²) in [6, 6.07) is 14.5. The van der Waals surface area contributed by atoms with Gasteiger partial charge in [-0.25, -0.2) is 4.79 Å². The van der Waals surface area contributed by atoms with Crippen LogP contribution in [0.15, 0.2) is 53.0 Å². The van der Waals surface area contributed by atoms with Gasteiger partial charge in [-0.2, -0.15) is 0 Å². The molecule has 0 unspecified atom stereocenters. The van der Waals surface area contributed by atoms with Crippen LogP contribution in [0, 0.1) is 6.92 Å². The van der Waals surface area contributed by atoms with Gasteiger partial charge in [-0.3, -0.25) is 4.79 Å². The van der Waals surface area contributed by atoms with Crippen LogP contribution in [0.2, 0.25) is 0 Å². The van der Waals surface area contributed by atoms with Crippen molar-refractivity contribution in [1.82, 2.24) is 0 Å². The van der Waals surface area contributed by atoms with Gasteiger partial charge in [0, 0.05) is 17.2 Å². The Kier molecular flexibility index (Phi) is 5.33. The second-order valence-corrected chi connectivity index (χ2v) is 5.70. The average Bonchev–Trinajstić information content (AvgIpc) is 2.52. The van der Waals surface area contributed by atoms with E-state index in [-0.39, 0.29) is 12.5 Å². The maximum Gasteiger partial charge on any atom is 0.339 e. The van der Waals surface area contributed by atoms with E-state index < -0.39 is 5.97 Å². The van der Waals surface area contributed by atoms with E-state index in [9.17, 15) is 9.59 Å². The Morgan fingerprint density at radius 2 is 1.86 bits per heavy atom. The molecule has 0 radical (unpaired) electrons. The second-order valence-electron chi connectivity index (χ2n) is 4.85. The summed E-state index contributed by atoms with van der Waals surface area (Å²) in [6.45, 7) is 1.65. The molecule has 4 nitrogen and oxygen atoms in total. The van der Waals surface area contributed by atoms with E-state index >= 15 is 0 Å². The normalized spacial score (nSPS) is 10.1. The molecule has 5 heteroatoms. The summed E-state index contributed by atoms with van der Waals surface area (Å²) in [6.07, 6.45) is 0. The van der Waals surface area contributed by atoms with Crippen LogP contribution in [-0.4, -0.2) is 25.5 Å². The number of benzene rings is 2. The molecule has 22 heavy (non-hydrogen) atoms. The molecule has 0 heterocycles. The number of amides is 1. The summed E-state index contributed by atoms with van der Waals surface area (Å²) in [5, 5.41) is 0. The largest absolute Gasteiger partial charge is 0.452 e. The van der Waals surface area contributed by atoms with E-state index in [1.807, 2.05) is 31.2 Å². The minimum absolute atomic E-state index is 0.286. The number of anilines is 1. The van der Waals surface area contributed by atoms with E-state index in [4.69, 9.17) is 4.74 Å². The molecular formula is C17H16BrNO3. The lowest BCUT2D eigenvalue weighted by atomic mass is 10.2. The Labute approximate surface area is 137 Å². The molecule has 0 fully saturated rings.